The van der Waals surface area contributed by atoms with Crippen LogP contribution in [-0.4, -0.2) is 47.8 Å². The van der Waals surface area contributed by atoms with Gasteiger partial charge in [-0.1, -0.05) is 19.9 Å². The van der Waals surface area contributed by atoms with Gasteiger partial charge in [0, 0.05) is 32.3 Å². The van der Waals surface area contributed by atoms with E-state index in [4.69, 9.17) is 14.2 Å². The van der Waals surface area contributed by atoms with Crippen LogP contribution >= 0.6 is 0 Å². The molecular weight excluding hydrogens is 440 g/mol. The molecule has 184 valence electrons. The highest BCUT2D eigenvalue weighted by molar-refractivity contribution is 6.08. The molecule has 5 atom stereocenters. The molecule has 0 radical (unpaired) electrons. The van der Waals surface area contributed by atoms with E-state index in [1.54, 1.807) is 26.0 Å². The zero-order valence-corrected chi connectivity index (χ0v) is 20.7. The number of rotatable bonds is 3. The molecule has 0 aromatic heterocycles. The van der Waals surface area contributed by atoms with E-state index in [1.165, 1.54) is 26.8 Å². The molecule has 0 aromatic rings. The topological polar surface area (TPSA) is 113 Å². The maximum absolute atomic E-state index is 14.0. The van der Waals surface area contributed by atoms with E-state index >= 15 is 0 Å². The van der Waals surface area contributed by atoms with E-state index in [2.05, 4.69) is 0 Å². The zero-order valence-electron chi connectivity index (χ0n) is 20.7. The molecule has 5 unspecified atom stereocenters. The molecule has 3 aliphatic rings. The van der Waals surface area contributed by atoms with Gasteiger partial charge in [0.1, 0.15) is 12.2 Å². The fraction of sp³-hybridized carbons (Fsp3) is 0.577. The van der Waals surface area contributed by atoms with Crippen LogP contribution in [0.15, 0.2) is 34.9 Å². The first-order valence-corrected chi connectivity index (χ1v) is 11.4. The van der Waals surface area contributed by atoms with E-state index in [9.17, 15) is 24.0 Å². The summed E-state index contributed by atoms with van der Waals surface area (Å²) in [6.07, 6.45) is 2.10. The predicted molar refractivity (Wildman–Crippen MR) is 121 cm³/mol. The van der Waals surface area contributed by atoms with Crippen molar-refractivity contribution in [3.05, 3.63) is 34.9 Å². The highest BCUT2D eigenvalue weighted by Gasteiger charge is 2.54. The molecule has 3 rings (SSSR count). The van der Waals surface area contributed by atoms with Crippen LogP contribution in [-0.2, 0) is 38.2 Å². The summed E-state index contributed by atoms with van der Waals surface area (Å²) in [5.74, 6) is -2.78. The Labute approximate surface area is 199 Å². The van der Waals surface area contributed by atoms with Gasteiger partial charge in [0.05, 0.1) is 5.41 Å². The second-order valence-corrected chi connectivity index (χ2v) is 10.2. The van der Waals surface area contributed by atoms with Crippen LogP contribution in [0.3, 0.4) is 0 Å². The minimum atomic E-state index is -1.26. The zero-order chi connectivity index (χ0) is 25.6. The fourth-order valence-corrected chi connectivity index (χ4v) is 5.56. The highest BCUT2D eigenvalue weighted by Crippen LogP contribution is 2.52. The summed E-state index contributed by atoms with van der Waals surface area (Å²) in [7, 11) is 0. The van der Waals surface area contributed by atoms with E-state index in [0.29, 0.717) is 23.1 Å². The number of carbonyl (C=O) groups is 5. The van der Waals surface area contributed by atoms with Crippen LogP contribution in [0.1, 0.15) is 61.3 Å². The van der Waals surface area contributed by atoms with E-state index in [-0.39, 0.29) is 18.0 Å². The lowest BCUT2D eigenvalue weighted by Gasteiger charge is -2.49. The maximum Gasteiger partial charge on any atom is 0.303 e. The molecule has 0 fully saturated rings. The first-order chi connectivity index (χ1) is 15.7. The molecule has 3 aliphatic carbocycles. The molecule has 8 heteroatoms. The van der Waals surface area contributed by atoms with E-state index in [0.717, 1.165) is 0 Å². The molecule has 0 aromatic carbocycles. The summed E-state index contributed by atoms with van der Waals surface area (Å²) in [5.41, 5.74) is -0.452. The standard InChI is InChI=1S/C26H32O8/c1-13-20(32-14(2)27)11-18-21(33-15(3)28)10-17-12-26(7,9-8-19(17)30)24(31)23(34-16(4)29)22(13)25(18,5)6/h8-10,18,20-21,23H,11-12H2,1-7H3. The lowest BCUT2D eigenvalue weighted by atomic mass is 9.58. The van der Waals surface area contributed by atoms with Crippen molar-refractivity contribution in [3.63, 3.8) is 0 Å². The summed E-state index contributed by atoms with van der Waals surface area (Å²) >= 11 is 0. The number of ketones is 2. The molecule has 4 bridgehead atoms. The third-order valence-electron chi connectivity index (χ3n) is 7.19. The second-order valence-electron chi connectivity index (χ2n) is 10.2. The van der Waals surface area contributed by atoms with Crippen molar-refractivity contribution in [1.82, 2.24) is 0 Å². The summed E-state index contributed by atoms with van der Waals surface area (Å²) in [5, 5.41) is 0. The fourth-order valence-electron chi connectivity index (χ4n) is 5.56. The number of hydrogen-bond donors (Lipinski definition) is 0. The molecule has 0 amide bonds. The number of ether oxygens (including phenoxy) is 3. The molecule has 0 saturated carbocycles. The smallest absolute Gasteiger partial charge is 0.303 e. The molecule has 0 N–H and O–H groups in total. The largest absolute Gasteiger partial charge is 0.458 e. The number of esters is 3. The van der Waals surface area contributed by atoms with Crippen LogP contribution < -0.4 is 0 Å². The quantitative estimate of drug-likeness (QED) is 0.350. The number of carbonyl (C=O) groups excluding carboxylic acids is 5. The van der Waals surface area contributed by atoms with Gasteiger partial charge in [0.25, 0.3) is 0 Å². The average Bonchev–Trinajstić information content (AvgIpc) is 2.69. The van der Waals surface area contributed by atoms with Gasteiger partial charge < -0.3 is 14.2 Å². The van der Waals surface area contributed by atoms with Crippen LogP contribution in [0.25, 0.3) is 0 Å². The van der Waals surface area contributed by atoms with Crippen molar-refractivity contribution in [2.75, 3.05) is 0 Å². The van der Waals surface area contributed by atoms with Gasteiger partial charge in [-0.15, -0.1) is 0 Å². The Morgan fingerprint density at radius 3 is 2.09 bits per heavy atom. The van der Waals surface area contributed by atoms with Crippen LogP contribution in [0.5, 0.6) is 0 Å². The average molecular weight is 473 g/mol. The number of Topliss-reactive ketones (excluding diaryl/α,β-unsaturated/α-hetero) is 1. The second kappa shape index (κ2) is 8.96. The van der Waals surface area contributed by atoms with Gasteiger partial charge >= 0.3 is 17.9 Å². The number of hydrogen-bond acceptors (Lipinski definition) is 8. The molecule has 0 heterocycles. The molecule has 0 aliphatic heterocycles. The van der Waals surface area contributed by atoms with Gasteiger partial charge in [0.15, 0.2) is 17.7 Å². The lowest BCUT2D eigenvalue weighted by molar-refractivity contribution is -0.158. The third-order valence-corrected chi connectivity index (χ3v) is 7.19. The van der Waals surface area contributed by atoms with Crippen molar-refractivity contribution in [1.29, 1.82) is 0 Å². The Hall–Kier alpha value is -3.03. The normalized spacial score (nSPS) is 32.5. The van der Waals surface area contributed by atoms with Gasteiger partial charge in [0.2, 0.25) is 0 Å². The SMILES string of the molecule is CC(=O)OC1CC2C(OC(C)=O)C=C3CC(C)(C=CC3=O)C(=O)C(OC(C)=O)C(=C1C)C2(C)C. The molecule has 0 spiro atoms. The van der Waals surface area contributed by atoms with Gasteiger partial charge in [-0.05, 0) is 55.4 Å². The van der Waals surface area contributed by atoms with Crippen molar-refractivity contribution >= 4 is 29.5 Å². The highest BCUT2D eigenvalue weighted by atomic mass is 16.6. The minimum Gasteiger partial charge on any atom is -0.458 e. The summed E-state index contributed by atoms with van der Waals surface area (Å²) in [4.78, 5) is 62.8. The van der Waals surface area contributed by atoms with Crippen LogP contribution in [0.2, 0.25) is 0 Å². The van der Waals surface area contributed by atoms with Crippen molar-refractivity contribution in [2.24, 2.45) is 16.7 Å². The Bertz CT molecular complexity index is 1040. The van der Waals surface area contributed by atoms with E-state index < -0.39 is 53.0 Å². The number of fused-ring (bicyclic) bond motifs is 4. The Balaban J connectivity index is 2.36. The van der Waals surface area contributed by atoms with Crippen LogP contribution in [0.4, 0.5) is 0 Å². The number of allylic oxidation sites excluding steroid dienone is 3. The first kappa shape index (κ1) is 25.6. The predicted octanol–water partition coefficient (Wildman–Crippen LogP) is 3.19. The lowest BCUT2D eigenvalue weighted by Crippen LogP contribution is -2.52. The Morgan fingerprint density at radius 2 is 1.53 bits per heavy atom. The van der Waals surface area contributed by atoms with Crippen molar-refractivity contribution < 1.29 is 38.2 Å². The molecule has 34 heavy (non-hydrogen) atoms. The third kappa shape index (κ3) is 4.63. The molecule has 8 nitrogen and oxygen atoms in total. The Morgan fingerprint density at radius 1 is 0.941 bits per heavy atom. The summed E-state index contributed by atoms with van der Waals surface area (Å²) in [6, 6.07) is 0. The Kier molecular flexibility index (Phi) is 6.75. The van der Waals surface area contributed by atoms with Crippen molar-refractivity contribution in [2.45, 2.75) is 79.6 Å². The minimum absolute atomic E-state index is 0.0869. The van der Waals surface area contributed by atoms with Crippen LogP contribution in [0, 0.1) is 16.7 Å². The molecule has 0 saturated heterocycles. The van der Waals surface area contributed by atoms with E-state index in [1.807, 2.05) is 13.8 Å². The van der Waals surface area contributed by atoms with Gasteiger partial charge in [-0.2, -0.15) is 0 Å². The summed E-state index contributed by atoms with van der Waals surface area (Å²) in [6.45, 7) is 11.0. The molecular formula is C26H32O8. The van der Waals surface area contributed by atoms with Gasteiger partial charge in [-0.3, -0.25) is 24.0 Å². The summed E-state index contributed by atoms with van der Waals surface area (Å²) < 4.78 is 16.9. The first-order valence-electron chi connectivity index (χ1n) is 11.4. The maximum atomic E-state index is 14.0. The van der Waals surface area contributed by atoms with Gasteiger partial charge in [-0.25, -0.2) is 0 Å². The van der Waals surface area contributed by atoms with Crippen molar-refractivity contribution in [3.8, 4) is 0 Å². The monoisotopic (exact) mass is 472 g/mol.